The minimum atomic E-state index is -3.94. The Balaban J connectivity index is 2.49. The smallest absolute Gasteiger partial charge is 0.244 e. The molecule has 1 atom stereocenters. The molecule has 7 nitrogen and oxygen atoms in total. The van der Waals surface area contributed by atoms with Crippen LogP contribution in [0.4, 0.5) is 5.69 Å². The lowest BCUT2D eigenvalue weighted by molar-refractivity contribution is -0.140. The van der Waals surface area contributed by atoms with Crippen molar-refractivity contribution in [2.75, 3.05) is 23.7 Å². The summed E-state index contributed by atoms with van der Waals surface area (Å²) >= 11 is 24.5. The van der Waals surface area contributed by atoms with Gasteiger partial charge < -0.3 is 10.2 Å². The fourth-order valence-electron chi connectivity index (χ4n) is 3.45. The van der Waals surface area contributed by atoms with Crippen molar-refractivity contribution in [1.29, 1.82) is 0 Å². The molecule has 0 fully saturated rings. The lowest BCUT2D eigenvalue weighted by atomic mass is 10.1. The Labute approximate surface area is 232 Å². The highest BCUT2D eigenvalue weighted by atomic mass is 35.5. The van der Waals surface area contributed by atoms with Crippen molar-refractivity contribution in [3.05, 3.63) is 62.1 Å². The predicted molar refractivity (Wildman–Crippen MR) is 148 cm³/mol. The average Bonchev–Trinajstić information content (AvgIpc) is 2.79. The second-order valence-corrected chi connectivity index (χ2v) is 12.3. The molecule has 1 N–H and O–H groups in total. The molecule has 0 spiro atoms. The van der Waals surface area contributed by atoms with Gasteiger partial charge in [-0.3, -0.25) is 13.9 Å². The zero-order valence-corrected chi connectivity index (χ0v) is 24.2. The van der Waals surface area contributed by atoms with E-state index in [0.717, 1.165) is 10.6 Å². The Morgan fingerprint density at radius 1 is 0.972 bits per heavy atom. The van der Waals surface area contributed by atoms with Crippen molar-refractivity contribution in [2.45, 2.75) is 39.8 Å². The topological polar surface area (TPSA) is 86.8 Å². The van der Waals surface area contributed by atoms with E-state index < -0.39 is 28.5 Å². The number of rotatable bonds is 11. The summed E-state index contributed by atoms with van der Waals surface area (Å²) in [4.78, 5) is 28.1. The van der Waals surface area contributed by atoms with Gasteiger partial charge in [0.25, 0.3) is 0 Å². The highest BCUT2D eigenvalue weighted by Crippen LogP contribution is 2.31. The summed E-state index contributed by atoms with van der Waals surface area (Å²) < 4.78 is 26.3. The minimum absolute atomic E-state index is 0.00417. The van der Waals surface area contributed by atoms with Gasteiger partial charge >= 0.3 is 0 Å². The molecule has 0 saturated heterocycles. The Morgan fingerprint density at radius 2 is 1.61 bits per heavy atom. The largest absolute Gasteiger partial charge is 0.354 e. The van der Waals surface area contributed by atoms with Crippen LogP contribution in [0.25, 0.3) is 0 Å². The number of halogens is 4. The SMILES string of the molecule is CC[C@@H](C(=O)NCC(C)C)N(Cc1ccc(Cl)c(Cl)c1)C(=O)CN(c1cc(Cl)ccc1Cl)S(C)(=O)=O. The monoisotopic (exact) mass is 595 g/mol. The van der Waals surface area contributed by atoms with Crippen molar-refractivity contribution < 1.29 is 18.0 Å². The molecule has 12 heteroatoms. The summed E-state index contributed by atoms with van der Waals surface area (Å²) in [5.41, 5.74) is 0.686. The first kappa shape index (κ1) is 30.5. The molecule has 36 heavy (non-hydrogen) atoms. The number of carbonyl (C=O) groups is 2. The zero-order valence-electron chi connectivity index (χ0n) is 20.4. The van der Waals surface area contributed by atoms with Crippen LogP contribution >= 0.6 is 46.4 Å². The molecule has 2 aromatic carbocycles. The van der Waals surface area contributed by atoms with Gasteiger partial charge in [0, 0.05) is 18.1 Å². The van der Waals surface area contributed by atoms with Crippen LogP contribution in [0.2, 0.25) is 20.1 Å². The van der Waals surface area contributed by atoms with Gasteiger partial charge in [-0.05, 0) is 48.2 Å². The summed E-state index contributed by atoms with van der Waals surface area (Å²) in [6.45, 7) is 5.53. The summed E-state index contributed by atoms with van der Waals surface area (Å²) in [7, 11) is -3.94. The van der Waals surface area contributed by atoms with Crippen LogP contribution in [0.1, 0.15) is 32.8 Å². The molecular weight excluding hydrogens is 568 g/mol. The summed E-state index contributed by atoms with van der Waals surface area (Å²) in [5, 5.41) is 3.86. The van der Waals surface area contributed by atoms with E-state index >= 15 is 0 Å². The fraction of sp³-hybridized carbons (Fsp3) is 0.417. The summed E-state index contributed by atoms with van der Waals surface area (Å²) in [5.74, 6) is -0.739. The van der Waals surface area contributed by atoms with Gasteiger partial charge in [0.2, 0.25) is 21.8 Å². The summed E-state index contributed by atoms with van der Waals surface area (Å²) in [6.07, 6.45) is 1.27. The normalized spacial score (nSPS) is 12.4. The van der Waals surface area contributed by atoms with Gasteiger partial charge in [0.05, 0.1) is 27.0 Å². The highest BCUT2D eigenvalue weighted by molar-refractivity contribution is 7.92. The van der Waals surface area contributed by atoms with Gasteiger partial charge in [-0.15, -0.1) is 0 Å². The van der Waals surface area contributed by atoms with Crippen LogP contribution in [0.3, 0.4) is 0 Å². The molecule has 0 unspecified atom stereocenters. The first-order valence-electron chi connectivity index (χ1n) is 11.2. The molecule has 2 amide bonds. The van der Waals surface area contributed by atoms with Gasteiger partial charge in [-0.25, -0.2) is 8.42 Å². The molecule has 198 valence electrons. The van der Waals surface area contributed by atoms with E-state index in [1.54, 1.807) is 25.1 Å². The highest BCUT2D eigenvalue weighted by Gasteiger charge is 2.32. The zero-order chi connectivity index (χ0) is 27.2. The fourth-order valence-corrected chi connectivity index (χ4v) is 5.06. The molecule has 0 aliphatic carbocycles. The maximum absolute atomic E-state index is 13.7. The van der Waals surface area contributed by atoms with Gasteiger partial charge in [-0.1, -0.05) is 73.2 Å². The number of nitrogens with zero attached hydrogens (tertiary/aromatic N) is 2. The molecule has 0 aliphatic rings. The first-order valence-corrected chi connectivity index (χ1v) is 14.5. The van der Waals surface area contributed by atoms with E-state index in [0.29, 0.717) is 28.6 Å². The molecule has 2 aromatic rings. The van der Waals surface area contributed by atoms with Crippen molar-refractivity contribution in [1.82, 2.24) is 10.2 Å². The van der Waals surface area contributed by atoms with Crippen molar-refractivity contribution in [3.63, 3.8) is 0 Å². The third-order valence-corrected chi connectivity index (χ3v) is 7.68. The van der Waals surface area contributed by atoms with Crippen molar-refractivity contribution >= 4 is 73.9 Å². The van der Waals surface area contributed by atoms with Gasteiger partial charge in [0.1, 0.15) is 12.6 Å². The van der Waals surface area contributed by atoms with Crippen LogP contribution in [0.15, 0.2) is 36.4 Å². The maximum atomic E-state index is 13.7. The van der Waals surface area contributed by atoms with E-state index in [-0.39, 0.29) is 34.1 Å². The minimum Gasteiger partial charge on any atom is -0.354 e. The number of amides is 2. The molecule has 0 heterocycles. The number of sulfonamides is 1. The van der Waals surface area contributed by atoms with Crippen LogP contribution < -0.4 is 9.62 Å². The number of anilines is 1. The molecule has 2 rings (SSSR count). The Bertz CT molecular complexity index is 1210. The number of nitrogens with one attached hydrogen (secondary N) is 1. The van der Waals surface area contributed by atoms with Crippen LogP contribution in [-0.2, 0) is 26.2 Å². The third kappa shape index (κ3) is 8.42. The Kier molecular flexibility index (Phi) is 11.2. The van der Waals surface area contributed by atoms with E-state index in [1.807, 2.05) is 13.8 Å². The third-order valence-electron chi connectivity index (χ3n) is 5.26. The van der Waals surface area contributed by atoms with E-state index in [9.17, 15) is 18.0 Å². The van der Waals surface area contributed by atoms with Crippen LogP contribution in [0.5, 0.6) is 0 Å². The lowest BCUT2D eigenvalue weighted by Crippen LogP contribution is -2.52. The first-order chi connectivity index (χ1) is 16.7. The number of hydrogen-bond donors (Lipinski definition) is 1. The van der Waals surface area contributed by atoms with E-state index in [1.165, 1.54) is 23.1 Å². The van der Waals surface area contributed by atoms with E-state index in [2.05, 4.69) is 5.32 Å². The van der Waals surface area contributed by atoms with E-state index in [4.69, 9.17) is 46.4 Å². The molecule has 0 radical (unpaired) electrons. The van der Waals surface area contributed by atoms with Crippen molar-refractivity contribution in [2.24, 2.45) is 5.92 Å². The molecule has 0 aliphatic heterocycles. The molecule has 0 saturated carbocycles. The molecule has 0 bridgehead atoms. The second kappa shape index (κ2) is 13.2. The predicted octanol–water partition coefficient (Wildman–Crippen LogP) is 5.65. The summed E-state index contributed by atoms with van der Waals surface area (Å²) in [6, 6.07) is 8.36. The van der Waals surface area contributed by atoms with Crippen LogP contribution in [0, 0.1) is 5.92 Å². The number of hydrogen-bond acceptors (Lipinski definition) is 4. The number of carbonyl (C=O) groups excluding carboxylic acids is 2. The molecular formula is C24H29Cl4N3O4S. The Morgan fingerprint density at radius 3 is 2.17 bits per heavy atom. The molecule has 0 aromatic heterocycles. The lowest BCUT2D eigenvalue weighted by Gasteiger charge is -2.33. The van der Waals surface area contributed by atoms with Gasteiger partial charge in [0.15, 0.2) is 0 Å². The average molecular weight is 597 g/mol. The number of benzene rings is 2. The van der Waals surface area contributed by atoms with Crippen molar-refractivity contribution in [3.8, 4) is 0 Å². The van der Waals surface area contributed by atoms with Gasteiger partial charge in [-0.2, -0.15) is 0 Å². The maximum Gasteiger partial charge on any atom is 0.244 e. The van der Waals surface area contributed by atoms with Crippen LogP contribution in [-0.4, -0.2) is 50.5 Å². The Hall–Kier alpha value is -1.71. The quantitative estimate of drug-likeness (QED) is 0.363. The standard InChI is InChI=1S/C24H29Cl4N3O4S/c1-5-21(24(33)29-12-15(2)3)30(13-16-6-8-18(26)20(28)10-16)23(32)14-31(36(4,34)35)22-11-17(25)7-9-19(22)27/h6-11,15,21H,5,12-14H2,1-4H3,(H,29,33)/t21-/m0/s1. The second-order valence-electron chi connectivity index (χ2n) is 8.70.